The molecule has 0 rings (SSSR count). The molecule has 0 saturated heterocycles. The van der Waals surface area contributed by atoms with E-state index in [0.29, 0.717) is 0 Å². The third-order valence-corrected chi connectivity index (χ3v) is 3.03. The van der Waals surface area contributed by atoms with Crippen LogP contribution < -0.4 is 5.32 Å². The van der Waals surface area contributed by atoms with Crippen molar-refractivity contribution in [3.8, 4) is 0 Å². The highest BCUT2D eigenvalue weighted by atomic mass is 16.5. The quantitative estimate of drug-likeness (QED) is 0.457. The first-order chi connectivity index (χ1) is 7.54. The second-order valence-corrected chi connectivity index (χ2v) is 5.31. The van der Waals surface area contributed by atoms with Crippen molar-refractivity contribution in [2.75, 3.05) is 26.8 Å². The first-order valence-electron chi connectivity index (χ1n) is 6.37. The van der Waals surface area contributed by atoms with Crippen LogP contribution in [0.15, 0.2) is 12.7 Å². The minimum atomic E-state index is 0.225. The van der Waals surface area contributed by atoms with E-state index in [1.807, 2.05) is 0 Å². The number of hydrogen-bond acceptors (Lipinski definition) is 2. The zero-order valence-electron chi connectivity index (χ0n) is 11.5. The maximum atomic E-state index is 5.01. The van der Waals surface area contributed by atoms with Crippen molar-refractivity contribution in [2.24, 2.45) is 11.3 Å². The van der Waals surface area contributed by atoms with Gasteiger partial charge in [0.15, 0.2) is 0 Å². The maximum Gasteiger partial charge on any atom is 0.0587 e. The Morgan fingerprint density at radius 3 is 2.62 bits per heavy atom. The highest BCUT2D eigenvalue weighted by molar-refractivity contribution is 4.92. The molecule has 2 heteroatoms. The fourth-order valence-corrected chi connectivity index (χ4v) is 1.72. The van der Waals surface area contributed by atoms with E-state index in [1.165, 1.54) is 19.3 Å². The molecule has 0 aliphatic heterocycles. The van der Waals surface area contributed by atoms with Gasteiger partial charge in [-0.15, -0.1) is 6.58 Å². The average molecular weight is 227 g/mol. The van der Waals surface area contributed by atoms with E-state index >= 15 is 0 Å². The van der Waals surface area contributed by atoms with Gasteiger partial charge < -0.3 is 10.1 Å². The Balaban J connectivity index is 3.77. The predicted molar refractivity (Wildman–Crippen MR) is 71.7 cm³/mol. The largest absolute Gasteiger partial charge is 0.383 e. The van der Waals surface area contributed by atoms with Crippen molar-refractivity contribution >= 4 is 0 Å². The monoisotopic (exact) mass is 227 g/mol. The minimum absolute atomic E-state index is 0.225. The number of ether oxygens (including phenoxy) is 1. The van der Waals surface area contributed by atoms with Gasteiger partial charge in [0.25, 0.3) is 0 Å². The molecule has 1 N–H and O–H groups in total. The second-order valence-electron chi connectivity index (χ2n) is 5.31. The Bertz CT molecular complexity index is 180. The van der Waals surface area contributed by atoms with Gasteiger partial charge in [0, 0.05) is 20.2 Å². The van der Waals surface area contributed by atoms with Gasteiger partial charge in [0.05, 0.1) is 6.61 Å². The fraction of sp³-hybridized carbons (Fsp3) is 0.857. The molecule has 0 saturated carbocycles. The van der Waals surface area contributed by atoms with Gasteiger partial charge in [0.1, 0.15) is 0 Å². The van der Waals surface area contributed by atoms with E-state index in [2.05, 4.69) is 38.7 Å². The minimum Gasteiger partial charge on any atom is -0.383 e. The van der Waals surface area contributed by atoms with Gasteiger partial charge in [-0.3, -0.25) is 0 Å². The van der Waals surface area contributed by atoms with Crippen LogP contribution in [0.2, 0.25) is 0 Å². The van der Waals surface area contributed by atoms with E-state index < -0.39 is 0 Å². The smallest absolute Gasteiger partial charge is 0.0587 e. The van der Waals surface area contributed by atoms with E-state index in [9.17, 15) is 0 Å². The number of nitrogens with one attached hydrogen (secondary N) is 1. The van der Waals surface area contributed by atoms with E-state index in [-0.39, 0.29) is 5.41 Å². The number of hydrogen-bond donors (Lipinski definition) is 1. The van der Waals surface area contributed by atoms with E-state index in [1.54, 1.807) is 7.11 Å². The highest BCUT2D eigenvalue weighted by Gasteiger charge is 2.19. The summed E-state index contributed by atoms with van der Waals surface area (Å²) < 4.78 is 5.01. The molecule has 96 valence electrons. The second kappa shape index (κ2) is 8.77. The molecular formula is C14H29NO. The molecular weight excluding hydrogens is 198 g/mol. The molecule has 1 unspecified atom stereocenters. The first-order valence-corrected chi connectivity index (χ1v) is 6.37. The first kappa shape index (κ1) is 15.7. The van der Waals surface area contributed by atoms with Gasteiger partial charge in [-0.25, -0.2) is 0 Å². The molecule has 1 atom stereocenters. The standard InChI is InChI=1S/C14H29NO/c1-6-14(4,9-7-8-13(2)3)12-15-10-11-16-5/h6,13,15H,1,7-12H2,2-5H3. The van der Waals surface area contributed by atoms with Gasteiger partial charge in [0.2, 0.25) is 0 Å². The van der Waals surface area contributed by atoms with Gasteiger partial charge in [-0.05, 0) is 17.8 Å². The number of methoxy groups -OCH3 is 1. The summed E-state index contributed by atoms with van der Waals surface area (Å²) in [5.74, 6) is 0.801. The summed E-state index contributed by atoms with van der Waals surface area (Å²) in [6.07, 6.45) is 5.90. The van der Waals surface area contributed by atoms with Crippen LogP contribution in [0.4, 0.5) is 0 Å². The van der Waals surface area contributed by atoms with Crippen LogP contribution in [0.5, 0.6) is 0 Å². The van der Waals surface area contributed by atoms with Gasteiger partial charge in [-0.2, -0.15) is 0 Å². The zero-order valence-corrected chi connectivity index (χ0v) is 11.5. The lowest BCUT2D eigenvalue weighted by Crippen LogP contribution is -2.32. The third-order valence-electron chi connectivity index (χ3n) is 3.03. The molecule has 0 aliphatic carbocycles. The van der Waals surface area contributed by atoms with Gasteiger partial charge >= 0.3 is 0 Å². The molecule has 0 aromatic carbocycles. The topological polar surface area (TPSA) is 21.3 Å². The molecule has 0 aliphatic rings. The summed E-state index contributed by atoms with van der Waals surface area (Å²) in [6.45, 7) is 13.5. The molecule has 0 aromatic heterocycles. The Morgan fingerprint density at radius 2 is 2.12 bits per heavy atom. The highest BCUT2D eigenvalue weighted by Crippen LogP contribution is 2.25. The molecule has 2 nitrogen and oxygen atoms in total. The Morgan fingerprint density at radius 1 is 1.44 bits per heavy atom. The van der Waals surface area contributed by atoms with Crippen molar-refractivity contribution in [1.29, 1.82) is 0 Å². The zero-order chi connectivity index (χ0) is 12.4. The van der Waals surface area contributed by atoms with Crippen LogP contribution >= 0.6 is 0 Å². The maximum absolute atomic E-state index is 5.01. The normalized spacial score (nSPS) is 15.1. The summed E-state index contributed by atoms with van der Waals surface area (Å²) in [6, 6.07) is 0. The van der Waals surface area contributed by atoms with Crippen molar-refractivity contribution in [1.82, 2.24) is 5.32 Å². The Hall–Kier alpha value is -0.340. The molecule has 0 heterocycles. The predicted octanol–water partition coefficient (Wildman–Crippen LogP) is 3.24. The van der Waals surface area contributed by atoms with E-state index in [0.717, 1.165) is 25.6 Å². The summed E-state index contributed by atoms with van der Waals surface area (Å²) in [5, 5.41) is 3.42. The van der Waals surface area contributed by atoms with Crippen molar-refractivity contribution in [2.45, 2.75) is 40.0 Å². The summed E-state index contributed by atoms with van der Waals surface area (Å²) in [7, 11) is 1.73. The van der Waals surface area contributed by atoms with Crippen molar-refractivity contribution in [3.05, 3.63) is 12.7 Å². The molecule has 0 bridgehead atoms. The SMILES string of the molecule is C=CC(C)(CCCC(C)C)CNCCOC. The number of rotatable bonds is 10. The molecule has 0 radical (unpaired) electrons. The van der Waals surface area contributed by atoms with Crippen LogP contribution in [-0.2, 0) is 4.74 Å². The van der Waals surface area contributed by atoms with Crippen LogP contribution in [0.25, 0.3) is 0 Å². The molecule has 0 aromatic rings. The molecule has 0 amide bonds. The van der Waals surface area contributed by atoms with Crippen molar-refractivity contribution in [3.63, 3.8) is 0 Å². The lowest BCUT2D eigenvalue weighted by molar-refractivity contribution is 0.195. The summed E-state index contributed by atoms with van der Waals surface area (Å²) in [5.41, 5.74) is 0.225. The molecule has 0 spiro atoms. The summed E-state index contributed by atoms with van der Waals surface area (Å²) in [4.78, 5) is 0. The van der Waals surface area contributed by atoms with Gasteiger partial charge in [-0.1, -0.05) is 39.7 Å². The fourth-order valence-electron chi connectivity index (χ4n) is 1.72. The lowest BCUT2D eigenvalue weighted by Gasteiger charge is -2.26. The van der Waals surface area contributed by atoms with Crippen LogP contribution in [0, 0.1) is 11.3 Å². The van der Waals surface area contributed by atoms with Crippen molar-refractivity contribution < 1.29 is 4.74 Å². The molecule has 16 heavy (non-hydrogen) atoms. The third kappa shape index (κ3) is 7.89. The Labute approximate surface area is 101 Å². The van der Waals surface area contributed by atoms with E-state index in [4.69, 9.17) is 4.74 Å². The average Bonchev–Trinajstić information content (AvgIpc) is 2.24. The Kier molecular flexibility index (Phi) is 8.58. The van der Waals surface area contributed by atoms with Crippen LogP contribution in [0.3, 0.4) is 0 Å². The van der Waals surface area contributed by atoms with Crippen LogP contribution in [-0.4, -0.2) is 26.8 Å². The van der Waals surface area contributed by atoms with Crippen LogP contribution in [0.1, 0.15) is 40.0 Å². The molecule has 0 fully saturated rings. The lowest BCUT2D eigenvalue weighted by atomic mass is 9.84. The summed E-state index contributed by atoms with van der Waals surface area (Å²) >= 11 is 0.